The molecule has 5 nitrogen and oxygen atoms in total. The highest BCUT2D eigenvalue weighted by Gasteiger charge is 2.23. The lowest BCUT2D eigenvalue weighted by Crippen LogP contribution is -2.30. The van der Waals surface area contributed by atoms with Gasteiger partial charge in [0.15, 0.2) is 0 Å². The molecule has 0 fully saturated rings. The van der Waals surface area contributed by atoms with E-state index in [0.717, 1.165) is 12.2 Å². The van der Waals surface area contributed by atoms with E-state index in [2.05, 4.69) is 36.1 Å². The third kappa shape index (κ3) is 4.04. The minimum absolute atomic E-state index is 0.280. The van der Waals surface area contributed by atoms with E-state index >= 15 is 0 Å². The van der Waals surface area contributed by atoms with Crippen molar-refractivity contribution in [2.75, 3.05) is 16.8 Å². The Bertz CT molecular complexity index is 964. The third-order valence-corrected chi connectivity index (χ3v) is 4.97. The van der Waals surface area contributed by atoms with Gasteiger partial charge in [-0.1, -0.05) is 35.0 Å². The summed E-state index contributed by atoms with van der Waals surface area (Å²) in [6.07, 6.45) is 0. The second-order valence-corrected chi connectivity index (χ2v) is 7.23. The molecule has 0 atom stereocenters. The van der Waals surface area contributed by atoms with E-state index < -0.39 is 0 Å². The molecular formula is C22H24ClN3O2. The number of benzene rings is 2. The van der Waals surface area contributed by atoms with Gasteiger partial charge < -0.3 is 14.7 Å². The summed E-state index contributed by atoms with van der Waals surface area (Å²) in [4.78, 5) is 15.2. The maximum Gasteiger partial charge on any atom is 0.261 e. The molecule has 1 amide bonds. The lowest BCUT2D eigenvalue weighted by Gasteiger charge is -2.27. The van der Waals surface area contributed by atoms with Gasteiger partial charge in [0.1, 0.15) is 17.0 Å². The van der Waals surface area contributed by atoms with Crippen molar-refractivity contribution in [3.8, 4) is 11.3 Å². The predicted octanol–water partition coefficient (Wildman–Crippen LogP) is 5.79. The highest BCUT2D eigenvalue weighted by molar-refractivity contribution is 6.33. The number of aryl methyl sites for hydroxylation is 1. The molecule has 0 saturated carbocycles. The van der Waals surface area contributed by atoms with Gasteiger partial charge in [-0.25, -0.2) is 0 Å². The zero-order valence-electron chi connectivity index (χ0n) is 16.5. The Morgan fingerprint density at radius 3 is 2.46 bits per heavy atom. The van der Waals surface area contributed by atoms with Crippen molar-refractivity contribution in [1.82, 2.24) is 5.16 Å². The minimum atomic E-state index is -0.280. The summed E-state index contributed by atoms with van der Waals surface area (Å²) < 4.78 is 5.28. The standard InChI is InChI=1S/C22H24ClN3O2/c1-5-26(14(2)3)17-12-10-16(11-13-17)24-22(27)20-15(4)28-25-21(20)18-8-6-7-9-19(18)23/h6-14H,5H2,1-4H3,(H,24,27). The highest BCUT2D eigenvalue weighted by atomic mass is 35.5. The molecule has 2 aromatic carbocycles. The topological polar surface area (TPSA) is 58.4 Å². The number of carbonyl (C=O) groups is 1. The third-order valence-electron chi connectivity index (χ3n) is 4.64. The van der Waals surface area contributed by atoms with Crippen LogP contribution in [0, 0.1) is 6.92 Å². The number of nitrogens with zero attached hydrogens (tertiary/aromatic N) is 2. The first kappa shape index (κ1) is 20.0. The highest BCUT2D eigenvalue weighted by Crippen LogP contribution is 2.31. The zero-order chi connectivity index (χ0) is 20.3. The van der Waals surface area contributed by atoms with Crippen molar-refractivity contribution in [2.45, 2.75) is 33.7 Å². The molecule has 0 saturated heterocycles. The van der Waals surface area contributed by atoms with Crippen LogP contribution in [0.5, 0.6) is 0 Å². The SMILES string of the molecule is CCN(c1ccc(NC(=O)c2c(-c3ccccc3Cl)noc2C)cc1)C(C)C. The summed E-state index contributed by atoms with van der Waals surface area (Å²) in [6, 6.07) is 15.5. The quantitative estimate of drug-likeness (QED) is 0.571. The second kappa shape index (κ2) is 8.48. The van der Waals surface area contributed by atoms with Gasteiger partial charge in [0.2, 0.25) is 0 Å². The summed E-state index contributed by atoms with van der Waals surface area (Å²) in [5.74, 6) is 0.165. The molecule has 0 radical (unpaired) electrons. The fourth-order valence-corrected chi connectivity index (χ4v) is 3.48. The van der Waals surface area contributed by atoms with Crippen LogP contribution >= 0.6 is 11.6 Å². The lowest BCUT2D eigenvalue weighted by atomic mass is 10.1. The van der Waals surface area contributed by atoms with Crippen LogP contribution in [-0.2, 0) is 0 Å². The molecule has 0 aliphatic heterocycles. The van der Waals surface area contributed by atoms with Crippen molar-refractivity contribution >= 4 is 28.9 Å². The Kier molecular flexibility index (Phi) is 6.05. The van der Waals surface area contributed by atoms with Crippen molar-refractivity contribution in [2.24, 2.45) is 0 Å². The number of nitrogens with one attached hydrogen (secondary N) is 1. The van der Waals surface area contributed by atoms with Crippen LogP contribution in [0.15, 0.2) is 53.1 Å². The largest absolute Gasteiger partial charge is 0.369 e. The number of anilines is 2. The van der Waals surface area contributed by atoms with Crippen LogP contribution in [0.3, 0.4) is 0 Å². The average molecular weight is 398 g/mol. The van der Waals surface area contributed by atoms with Gasteiger partial charge in [-0.15, -0.1) is 0 Å². The zero-order valence-corrected chi connectivity index (χ0v) is 17.2. The van der Waals surface area contributed by atoms with Crippen LogP contribution in [0.1, 0.15) is 36.9 Å². The molecule has 0 unspecified atom stereocenters. The number of amides is 1. The van der Waals surface area contributed by atoms with E-state index in [0.29, 0.717) is 39.3 Å². The summed E-state index contributed by atoms with van der Waals surface area (Å²) in [5.41, 5.74) is 3.31. The van der Waals surface area contributed by atoms with Crippen LogP contribution in [0.2, 0.25) is 5.02 Å². The Labute approximate surface area is 170 Å². The van der Waals surface area contributed by atoms with Crippen molar-refractivity contribution in [3.05, 3.63) is 64.9 Å². The molecule has 3 rings (SSSR count). The number of hydrogen-bond acceptors (Lipinski definition) is 4. The minimum Gasteiger partial charge on any atom is -0.369 e. The normalized spacial score (nSPS) is 10.9. The van der Waals surface area contributed by atoms with E-state index in [4.69, 9.17) is 16.1 Å². The summed E-state index contributed by atoms with van der Waals surface area (Å²) in [5, 5.41) is 7.49. The molecule has 6 heteroatoms. The molecule has 0 aliphatic rings. The number of aromatic nitrogens is 1. The van der Waals surface area contributed by atoms with Crippen molar-refractivity contribution in [1.29, 1.82) is 0 Å². The van der Waals surface area contributed by atoms with Crippen LogP contribution in [0.25, 0.3) is 11.3 Å². The maximum atomic E-state index is 12.9. The van der Waals surface area contributed by atoms with Gasteiger partial charge >= 0.3 is 0 Å². The van der Waals surface area contributed by atoms with E-state index in [9.17, 15) is 4.79 Å². The van der Waals surface area contributed by atoms with E-state index in [1.54, 1.807) is 13.0 Å². The molecule has 1 heterocycles. The van der Waals surface area contributed by atoms with Crippen LogP contribution in [-0.4, -0.2) is 23.7 Å². The first-order chi connectivity index (χ1) is 13.4. The monoisotopic (exact) mass is 397 g/mol. The number of carbonyl (C=O) groups excluding carboxylic acids is 1. The van der Waals surface area contributed by atoms with Gasteiger partial charge in [-0.05, 0) is 58.0 Å². The van der Waals surface area contributed by atoms with Crippen LogP contribution < -0.4 is 10.2 Å². The first-order valence-corrected chi connectivity index (χ1v) is 9.69. The molecule has 1 aromatic heterocycles. The molecule has 0 bridgehead atoms. The van der Waals surface area contributed by atoms with Gasteiger partial charge in [0.05, 0.1) is 5.02 Å². The lowest BCUT2D eigenvalue weighted by molar-refractivity contribution is 0.102. The van der Waals surface area contributed by atoms with Crippen molar-refractivity contribution < 1.29 is 9.32 Å². The molecule has 146 valence electrons. The Hall–Kier alpha value is -2.79. The number of hydrogen-bond donors (Lipinski definition) is 1. The molecule has 0 spiro atoms. The fraction of sp³-hybridized carbons (Fsp3) is 0.273. The Morgan fingerprint density at radius 1 is 1.18 bits per heavy atom. The second-order valence-electron chi connectivity index (χ2n) is 6.82. The molecule has 3 aromatic rings. The molecule has 0 aliphatic carbocycles. The number of halogens is 1. The Balaban J connectivity index is 1.85. The summed E-state index contributed by atoms with van der Waals surface area (Å²) >= 11 is 6.27. The van der Waals surface area contributed by atoms with E-state index in [1.165, 1.54) is 0 Å². The smallest absolute Gasteiger partial charge is 0.261 e. The van der Waals surface area contributed by atoms with E-state index in [1.807, 2.05) is 42.5 Å². The fourth-order valence-electron chi connectivity index (χ4n) is 3.25. The molecule has 28 heavy (non-hydrogen) atoms. The molecule has 1 N–H and O–H groups in total. The number of rotatable bonds is 6. The van der Waals surface area contributed by atoms with Gasteiger partial charge in [0.25, 0.3) is 5.91 Å². The van der Waals surface area contributed by atoms with Crippen molar-refractivity contribution in [3.63, 3.8) is 0 Å². The first-order valence-electron chi connectivity index (χ1n) is 9.31. The predicted molar refractivity (Wildman–Crippen MR) is 114 cm³/mol. The van der Waals surface area contributed by atoms with Gasteiger partial charge in [-0.2, -0.15) is 0 Å². The van der Waals surface area contributed by atoms with Crippen LogP contribution in [0.4, 0.5) is 11.4 Å². The van der Waals surface area contributed by atoms with Gasteiger partial charge in [-0.3, -0.25) is 4.79 Å². The maximum absolute atomic E-state index is 12.9. The van der Waals surface area contributed by atoms with E-state index in [-0.39, 0.29) is 5.91 Å². The summed E-state index contributed by atoms with van der Waals surface area (Å²) in [6.45, 7) is 9.08. The Morgan fingerprint density at radius 2 is 1.86 bits per heavy atom. The average Bonchev–Trinajstić information content (AvgIpc) is 3.05. The molecular weight excluding hydrogens is 374 g/mol. The van der Waals surface area contributed by atoms with Gasteiger partial charge in [0, 0.05) is 29.5 Å². The summed E-state index contributed by atoms with van der Waals surface area (Å²) in [7, 11) is 0.